The zero-order chi connectivity index (χ0) is 16.4. The maximum Gasteiger partial charge on any atom is 0.421 e. The molecule has 0 aliphatic carbocycles. The highest BCUT2D eigenvalue weighted by molar-refractivity contribution is 5.76. The predicted octanol–water partition coefficient (Wildman–Crippen LogP) is 1.59. The number of amides is 1. The van der Waals surface area contributed by atoms with E-state index in [1.165, 1.54) is 21.8 Å². The van der Waals surface area contributed by atoms with Crippen LogP contribution in [0.5, 0.6) is 5.88 Å². The molecule has 9 heteroatoms. The number of carbonyl (C=O) groups excluding carboxylic acids is 1. The number of pyridine rings is 1. The van der Waals surface area contributed by atoms with E-state index in [9.17, 15) is 18.0 Å². The average Bonchev–Trinajstić information content (AvgIpc) is 2.94. The Bertz CT molecular complexity index is 682. The molecule has 1 amide bonds. The fourth-order valence-electron chi connectivity index (χ4n) is 2.21. The van der Waals surface area contributed by atoms with E-state index >= 15 is 0 Å². The highest BCUT2D eigenvalue weighted by atomic mass is 19.4. The number of likely N-dealkylation sites (tertiary alicyclic amines) is 1. The van der Waals surface area contributed by atoms with Gasteiger partial charge in [-0.1, -0.05) is 0 Å². The molecule has 122 valence electrons. The van der Waals surface area contributed by atoms with Crippen molar-refractivity contribution in [1.29, 1.82) is 0 Å². The maximum atomic E-state index is 12.8. The van der Waals surface area contributed by atoms with Gasteiger partial charge in [0, 0.05) is 18.6 Å². The second-order valence-electron chi connectivity index (χ2n) is 5.10. The van der Waals surface area contributed by atoms with Crippen molar-refractivity contribution in [3.05, 3.63) is 42.4 Å². The molecule has 3 heterocycles. The minimum absolute atomic E-state index is 0.0944. The number of hydrogen-bond donors (Lipinski definition) is 0. The third kappa shape index (κ3) is 3.43. The topological polar surface area (TPSA) is 60.2 Å². The summed E-state index contributed by atoms with van der Waals surface area (Å²) in [6.45, 7) is 0.555. The van der Waals surface area contributed by atoms with Crippen molar-refractivity contribution in [3.8, 4) is 5.88 Å². The summed E-state index contributed by atoms with van der Waals surface area (Å²) in [5.41, 5.74) is -0.915. The van der Waals surface area contributed by atoms with Crippen LogP contribution in [-0.2, 0) is 17.5 Å². The van der Waals surface area contributed by atoms with Crippen LogP contribution in [0.25, 0.3) is 0 Å². The van der Waals surface area contributed by atoms with Gasteiger partial charge in [0.1, 0.15) is 18.2 Å². The fourth-order valence-corrected chi connectivity index (χ4v) is 2.21. The lowest BCUT2D eigenvalue weighted by Crippen LogP contribution is -2.57. The van der Waals surface area contributed by atoms with E-state index in [0.29, 0.717) is 0 Å². The van der Waals surface area contributed by atoms with Crippen molar-refractivity contribution in [2.45, 2.75) is 18.8 Å². The van der Waals surface area contributed by atoms with E-state index in [1.54, 1.807) is 18.5 Å². The van der Waals surface area contributed by atoms with Crippen molar-refractivity contribution in [3.63, 3.8) is 0 Å². The Balaban J connectivity index is 1.56. The molecule has 6 nitrogen and oxygen atoms in total. The zero-order valence-corrected chi connectivity index (χ0v) is 11.9. The second kappa shape index (κ2) is 5.90. The number of aromatic nitrogens is 3. The Hall–Kier alpha value is -2.58. The van der Waals surface area contributed by atoms with Gasteiger partial charge >= 0.3 is 6.18 Å². The number of alkyl halides is 3. The summed E-state index contributed by atoms with van der Waals surface area (Å²) >= 11 is 0. The molecule has 23 heavy (non-hydrogen) atoms. The number of nitrogens with zero attached hydrogens (tertiary/aromatic N) is 4. The number of carbonyl (C=O) groups is 1. The summed E-state index contributed by atoms with van der Waals surface area (Å²) in [5, 5.41) is 3.93. The first-order chi connectivity index (χ1) is 10.9. The zero-order valence-electron chi connectivity index (χ0n) is 11.9. The molecule has 0 aromatic carbocycles. The average molecular weight is 326 g/mol. The molecule has 2 aromatic heterocycles. The van der Waals surface area contributed by atoms with Crippen LogP contribution in [0.1, 0.15) is 5.56 Å². The van der Waals surface area contributed by atoms with Crippen LogP contribution in [0.4, 0.5) is 13.2 Å². The summed E-state index contributed by atoms with van der Waals surface area (Å²) in [6, 6.07) is 3.83. The largest absolute Gasteiger partial charge is 0.470 e. The number of halogens is 3. The first-order valence-corrected chi connectivity index (χ1v) is 6.87. The van der Waals surface area contributed by atoms with E-state index in [1.807, 2.05) is 0 Å². The van der Waals surface area contributed by atoms with Gasteiger partial charge in [-0.15, -0.1) is 0 Å². The number of rotatable bonds is 4. The molecule has 2 aromatic rings. The van der Waals surface area contributed by atoms with Gasteiger partial charge in [-0.3, -0.25) is 9.48 Å². The van der Waals surface area contributed by atoms with E-state index in [0.717, 1.165) is 6.07 Å². The Labute approximate surface area is 129 Å². The van der Waals surface area contributed by atoms with Gasteiger partial charge in [0.15, 0.2) is 0 Å². The van der Waals surface area contributed by atoms with Crippen molar-refractivity contribution < 1.29 is 22.7 Å². The summed E-state index contributed by atoms with van der Waals surface area (Å²) in [5.74, 6) is -0.616. The van der Waals surface area contributed by atoms with Crippen LogP contribution in [0.3, 0.4) is 0 Å². The quantitative estimate of drug-likeness (QED) is 0.856. The van der Waals surface area contributed by atoms with E-state index in [-0.39, 0.29) is 25.5 Å². The van der Waals surface area contributed by atoms with Gasteiger partial charge < -0.3 is 9.64 Å². The molecule has 0 bridgehead atoms. The van der Waals surface area contributed by atoms with Crippen LogP contribution in [0, 0.1) is 0 Å². The van der Waals surface area contributed by atoms with Crippen molar-refractivity contribution in [2.75, 3.05) is 13.1 Å². The monoisotopic (exact) mass is 326 g/mol. The highest BCUT2D eigenvalue weighted by Gasteiger charge is 2.38. The standard InChI is InChI=1S/C14H13F3N4O2/c15-14(16,17)11-3-1-4-18-13(11)23-10-7-20(8-10)12(22)9-21-6-2-5-19-21/h1-6,10H,7-9H2. The van der Waals surface area contributed by atoms with E-state index in [2.05, 4.69) is 10.1 Å². The number of hydrogen-bond acceptors (Lipinski definition) is 4. The van der Waals surface area contributed by atoms with Gasteiger partial charge in [-0.05, 0) is 18.2 Å². The Kier molecular flexibility index (Phi) is 3.93. The molecule has 1 aliphatic heterocycles. The Morgan fingerprint density at radius 2 is 2.09 bits per heavy atom. The summed E-state index contributed by atoms with van der Waals surface area (Å²) in [4.78, 5) is 17.1. The molecular formula is C14H13F3N4O2. The van der Waals surface area contributed by atoms with Crippen LogP contribution in [-0.4, -0.2) is 44.8 Å². The minimum atomic E-state index is -4.52. The minimum Gasteiger partial charge on any atom is -0.470 e. The molecular weight excluding hydrogens is 313 g/mol. The molecule has 0 atom stereocenters. The normalized spacial score (nSPS) is 15.3. The molecule has 1 saturated heterocycles. The molecule has 0 N–H and O–H groups in total. The van der Waals surface area contributed by atoms with Crippen molar-refractivity contribution in [2.24, 2.45) is 0 Å². The molecule has 0 unspecified atom stereocenters. The highest BCUT2D eigenvalue weighted by Crippen LogP contribution is 2.35. The molecule has 3 rings (SSSR count). The first-order valence-electron chi connectivity index (χ1n) is 6.87. The Morgan fingerprint density at radius 1 is 1.30 bits per heavy atom. The summed E-state index contributed by atoms with van der Waals surface area (Å²) in [7, 11) is 0. The van der Waals surface area contributed by atoms with Crippen LogP contribution >= 0.6 is 0 Å². The SMILES string of the molecule is O=C(Cn1cccn1)N1CC(Oc2ncccc2C(F)(F)F)C1. The second-order valence-corrected chi connectivity index (χ2v) is 5.10. The van der Waals surface area contributed by atoms with Gasteiger partial charge in [0.25, 0.3) is 0 Å². The van der Waals surface area contributed by atoms with Crippen molar-refractivity contribution >= 4 is 5.91 Å². The third-order valence-corrected chi connectivity index (χ3v) is 3.41. The Morgan fingerprint density at radius 3 is 2.74 bits per heavy atom. The van der Waals surface area contributed by atoms with Crippen LogP contribution in [0.15, 0.2) is 36.8 Å². The van der Waals surface area contributed by atoms with E-state index < -0.39 is 23.7 Å². The lowest BCUT2D eigenvalue weighted by atomic mass is 10.1. The summed E-state index contributed by atoms with van der Waals surface area (Å²) in [6.07, 6.45) is -0.552. The van der Waals surface area contributed by atoms with Crippen LogP contribution < -0.4 is 4.74 Å². The lowest BCUT2D eigenvalue weighted by molar-refractivity contribution is -0.145. The van der Waals surface area contributed by atoms with Gasteiger partial charge in [-0.25, -0.2) is 4.98 Å². The smallest absolute Gasteiger partial charge is 0.421 e. The van der Waals surface area contributed by atoms with Gasteiger partial charge in [0.05, 0.1) is 13.1 Å². The lowest BCUT2D eigenvalue weighted by Gasteiger charge is -2.38. The molecule has 0 spiro atoms. The van der Waals surface area contributed by atoms with Gasteiger partial charge in [0.2, 0.25) is 11.8 Å². The van der Waals surface area contributed by atoms with Gasteiger partial charge in [-0.2, -0.15) is 18.3 Å². The van der Waals surface area contributed by atoms with E-state index in [4.69, 9.17) is 4.74 Å². The third-order valence-electron chi connectivity index (χ3n) is 3.41. The molecule has 0 radical (unpaired) electrons. The predicted molar refractivity (Wildman–Crippen MR) is 72.5 cm³/mol. The number of ether oxygens (including phenoxy) is 1. The fraction of sp³-hybridized carbons (Fsp3) is 0.357. The molecule has 1 fully saturated rings. The van der Waals surface area contributed by atoms with Crippen LogP contribution in [0.2, 0.25) is 0 Å². The maximum absolute atomic E-state index is 12.8. The first kappa shape index (κ1) is 15.3. The summed E-state index contributed by atoms with van der Waals surface area (Å²) < 4.78 is 45.3. The molecule has 1 aliphatic rings. The van der Waals surface area contributed by atoms with Crippen molar-refractivity contribution in [1.82, 2.24) is 19.7 Å². The molecule has 0 saturated carbocycles.